The second kappa shape index (κ2) is 6.80. The summed E-state index contributed by atoms with van der Waals surface area (Å²) >= 11 is 1.50. The van der Waals surface area contributed by atoms with Crippen LogP contribution in [0.4, 0.5) is 0 Å². The second-order valence-corrected chi connectivity index (χ2v) is 7.13. The lowest BCUT2D eigenvalue weighted by Crippen LogP contribution is -2.38. The molecule has 0 N–H and O–H groups in total. The molecule has 7 heteroatoms. The third-order valence-corrected chi connectivity index (χ3v) is 5.04. The molecule has 0 bridgehead atoms. The lowest BCUT2D eigenvalue weighted by Gasteiger charge is -2.33. The summed E-state index contributed by atoms with van der Waals surface area (Å²) in [5, 5.41) is 10.3. The molecule has 6 nitrogen and oxygen atoms in total. The number of carbonyl (C=O) groups excluding carboxylic acids is 1. The Bertz CT molecular complexity index is 679. The van der Waals surface area contributed by atoms with Crippen LogP contribution >= 0.6 is 11.3 Å². The molecular weight excluding hydrogens is 312 g/mol. The largest absolute Gasteiger partial charge is 0.422 e. The Morgan fingerprint density at radius 1 is 1.43 bits per heavy atom. The number of hydrogen-bond acceptors (Lipinski definition) is 6. The van der Waals surface area contributed by atoms with Gasteiger partial charge in [0, 0.05) is 6.54 Å². The van der Waals surface area contributed by atoms with Gasteiger partial charge in [-0.05, 0) is 57.3 Å². The molecule has 3 heterocycles. The van der Waals surface area contributed by atoms with Crippen LogP contribution in [0, 0.1) is 6.92 Å². The van der Waals surface area contributed by atoms with Crippen molar-refractivity contribution in [1.29, 1.82) is 0 Å². The van der Waals surface area contributed by atoms with E-state index in [1.807, 2.05) is 42.3 Å². The molecule has 1 aliphatic rings. The Labute approximate surface area is 140 Å². The summed E-state index contributed by atoms with van der Waals surface area (Å²) in [6, 6.07) is 1.87. The lowest BCUT2D eigenvalue weighted by molar-refractivity contribution is 0.0573. The fraction of sp³-hybridized carbons (Fsp3) is 0.562. The third-order valence-electron chi connectivity index (χ3n) is 4.04. The van der Waals surface area contributed by atoms with Crippen molar-refractivity contribution in [3.63, 3.8) is 0 Å². The summed E-state index contributed by atoms with van der Waals surface area (Å²) in [6.07, 6.45) is 2.97. The maximum atomic E-state index is 12.9. The van der Waals surface area contributed by atoms with E-state index in [1.165, 1.54) is 11.3 Å². The van der Waals surface area contributed by atoms with Gasteiger partial charge >= 0.3 is 0 Å². The average molecular weight is 334 g/mol. The predicted octanol–water partition coefficient (Wildman–Crippen LogP) is 2.87. The molecule has 1 saturated heterocycles. The monoisotopic (exact) mass is 334 g/mol. The topological polar surface area (TPSA) is 62.5 Å². The maximum absolute atomic E-state index is 12.9. The number of hydrogen-bond donors (Lipinski definition) is 0. The Balaban J connectivity index is 1.83. The lowest BCUT2D eigenvalue weighted by atomic mass is 10.0. The van der Waals surface area contributed by atoms with Crippen molar-refractivity contribution in [2.75, 3.05) is 20.6 Å². The quantitative estimate of drug-likeness (QED) is 0.860. The molecule has 1 aliphatic heterocycles. The zero-order valence-electron chi connectivity index (χ0n) is 13.8. The Morgan fingerprint density at radius 2 is 2.26 bits per heavy atom. The van der Waals surface area contributed by atoms with Crippen LogP contribution in [-0.2, 0) is 6.54 Å². The molecule has 1 atom stereocenters. The summed E-state index contributed by atoms with van der Waals surface area (Å²) in [7, 11) is 3.92. The summed E-state index contributed by atoms with van der Waals surface area (Å²) in [4.78, 5) is 17.6. The van der Waals surface area contributed by atoms with Crippen LogP contribution in [0.2, 0.25) is 0 Å². The van der Waals surface area contributed by atoms with E-state index in [0.29, 0.717) is 18.3 Å². The Morgan fingerprint density at radius 3 is 2.96 bits per heavy atom. The molecule has 2 aromatic heterocycles. The molecule has 1 amide bonds. The van der Waals surface area contributed by atoms with E-state index in [9.17, 15) is 4.79 Å². The number of nitrogens with zero attached hydrogens (tertiary/aromatic N) is 4. The number of thiophene rings is 1. The highest BCUT2D eigenvalue weighted by molar-refractivity contribution is 7.12. The molecule has 23 heavy (non-hydrogen) atoms. The highest BCUT2D eigenvalue weighted by atomic mass is 32.1. The van der Waals surface area contributed by atoms with Crippen molar-refractivity contribution in [2.24, 2.45) is 0 Å². The van der Waals surface area contributed by atoms with Crippen molar-refractivity contribution in [2.45, 2.75) is 38.8 Å². The molecule has 0 saturated carbocycles. The molecule has 1 fully saturated rings. The predicted molar refractivity (Wildman–Crippen MR) is 88.4 cm³/mol. The molecular formula is C16H22N4O2S. The van der Waals surface area contributed by atoms with Gasteiger partial charge in [-0.15, -0.1) is 21.5 Å². The fourth-order valence-electron chi connectivity index (χ4n) is 2.89. The van der Waals surface area contributed by atoms with Crippen molar-refractivity contribution in [3.8, 4) is 0 Å². The molecule has 0 aliphatic carbocycles. The number of carbonyl (C=O) groups is 1. The van der Waals surface area contributed by atoms with Gasteiger partial charge in [-0.2, -0.15) is 0 Å². The van der Waals surface area contributed by atoms with E-state index in [-0.39, 0.29) is 11.9 Å². The first-order valence-corrected chi connectivity index (χ1v) is 8.76. The highest BCUT2D eigenvalue weighted by Gasteiger charge is 2.33. The van der Waals surface area contributed by atoms with Gasteiger partial charge < -0.3 is 14.2 Å². The van der Waals surface area contributed by atoms with Crippen molar-refractivity contribution in [1.82, 2.24) is 20.0 Å². The number of aromatic nitrogens is 2. The number of aryl methyl sites for hydroxylation is 1. The van der Waals surface area contributed by atoms with Gasteiger partial charge in [0.25, 0.3) is 5.91 Å². The van der Waals surface area contributed by atoms with Gasteiger partial charge in [0.2, 0.25) is 11.8 Å². The van der Waals surface area contributed by atoms with E-state index < -0.39 is 0 Å². The van der Waals surface area contributed by atoms with Gasteiger partial charge in [0.15, 0.2) is 0 Å². The minimum absolute atomic E-state index is 0.0783. The number of rotatable bonds is 4. The SMILES string of the molecule is Cc1ccsc1C(=O)N1CCCC[C@@H]1c1nnc(CN(C)C)o1. The maximum Gasteiger partial charge on any atom is 0.264 e. The number of piperidine rings is 1. The minimum atomic E-state index is -0.110. The average Bonchev–Trinajstić information content (AvgIpc) is 3.15. The third kappa shape index (κ3) is 3.45. The van der Waals surface area contributed by atoms with E-state index >= 15 is 0 Å². The fourth-order valence-corrected chi connectivity index (χ4v) is 3.77. The van der Waals surface area contributed by atoms with Gasteiger partial charge in [-0.25, -0.2) is 0 Å². The summed E-state index contributed by atoms with van der Waals surface area (Å²) in [6.45, 7) is 3.33. The van der Waals surface area contributed by atoms with Crippen molar-refractivity contribution >= 4 is 17.2 Å². The molecule has 0 spiro atoms. The van der Waals surface area contributed by atoms with E-state index in [4.69, 9.17) is 4.42 Å². The van der Waals surface area contributed by atoms with Gasteiger partial charge in [-0.3, -0.25) is 4.79 Å². The molecule has 2 aromatic rings. The molecule has 124 valence electrons. The summed E-state index contributed by atoms with van der Waals surface area (Å²) in [5.41, 5.74) is 1.03. The Kier molecular flexibility index (Phi) is 4.77. The second-order valence-electron chi connectivity index (χ2n) is 6.21. The number of likely N-dealkylation sites (tertiary alicyclic amines) is 1. The van der Waals surface area contributed by atoms with Crippen LogP contribution < -0.4 is 0 Å². The van der Waals surface area contributed by atoms with Crippen LogP contribution in [0.1, 0.15) is 52.3 Å². The Hall–Kier alpha value is -1.73. The van der Waals surface area contributed by atoms with Crippen LogP contribution in [0.5, 0.6) is 0 Å². The van der Waals surface area contributed by atoms with Crippen molar-refractivity contribution in [3.05, 3.63) is 33.7 Å². The van der Waals surface area contributed by atoms with Crippen LogP contribution in [0.3, 0.4) is 0 Å². The first-order chi connectivity index (χ1) is 11.1. The molecule has 0 unspecified atom stereocenters. The normalized spacial score (nSPS) is 18.6. The van der Waals surface area contributed by atoms with Crippen LogP contribution in [-0.4, -0.2) is 46.5 Å². The van der Waals surface area contributed by atoms with Gasteiger partial charge in [-0.1, -0.05) is 0 Å². The smallest absolute Gasteiger partial charge is 0.264 e. The molecule has 3 rings (SSSR count). The van der Waals surface area contributed by atoms with Crippen molar-refractivity contribution < 1.29 is 9.21 Å². The van der Waals surface area contributed by atoms with Crippen LogP contribution in [0.25, 0.3) is 0 Å². The van der Waals surface area contributed by atoms with E-state index in [2.05, 4.69) is 10.2 Å². The number of amides is 1. The molecule has 0 aromatic carbocycles. The van der Waals surface area contributed by atoms with Gasteiger partial charge in [0.05, 0.1) is 11.4 Å². The highest BCUT2D eigenvalue weighted by Crippen LogP contribution is 2.32. The van der Waals surface area contributed by atoms with E-state index in [1.54, 1.807) is 0 Å². The first-order valence-electron chi connectivity index (χ1n) is 7.88. The van der Waals surface area contributed by atoms with Crippen LogP contribution in [0.15, 0.2) is 15.9 Å². The summed E-state index contributed by atoms with van der Waals surface area (Å²) in [5.74, 6) is 1.23. The standard InChI is InChI=1S/C16H22N4O2S/c1-11-7-9-23-14(11)16(21)20-8-5-4-6-12(20)15-18-17-13(22-15)10-19(2)3/h7,9,12H,4-6,8,10H2,1-3H3/t12-/m1/s1. The first kappa shape index (κ1) is 16.1. The van der Waals surface area contributed by atoms with E-state index in [0.717, 1.165) is 36.2 Å². The van der Waals surface area contributed by atoms with Gasteiger partial charge in [0.1, 0.15) is 6.04 Å². The summed E-state index contributed by atoms with van der Waals surface area (Å²) < 4.78 is 5.81. The zero-order chi connectivity index (χ0) is 16.4. The minimum Gasteiger partial charge on any atom is -0.422 e. The zero-order valence-corrected chi connectivity index (χ0v) is 14.6. The molecule has 0 radical (unpaired) electrons.